The van der Waals surface area contributed by atoms with Crippen molar-refractivity contribution in [3.05, 3.63) is 51.5 Å². The van der Waals surface area contributed by atoms with Gasteiger partial charge in [-0.2, -0.15) is 5.26 Å². The molecular weight excluding hydrogens is 379 g/mol. The molecule has 1 saturated heterocycles. The average molecular weight is 393 g/mol. The maximum atomic E-state index is 14.2. The Labute approximate surface area is 157 Å². The first kappa shape index (κ1) is 18.9. The molecule has 0 bridgehead atoms. The number of likely N-dealkylation sites (N-methyl/N-ethyl adjacent to an activating group) is 1. The van der Waals surface area contributed by atoms with Crippen molar-refractivity contribution in [2.24, 2.45) is 5.92 Å². The van der Waals surface area contributed by atoms with Gasteiger partial charge in [0.15, 0.2) is 5.82 Å². The highest BCUT2D eigenvalue weighted by atomic mass is 32.1. The first-order valence-electron chi connectivity index (χ1n) is 7.94. The van der Waals surface area contributed by atoms with Gasteiger partial charge < -0.3 is 10.2 Å². The molecule has 0 radical (unpaired) electrons. The predicted octanol–water partition coefficient (Wildman–Crippen LogP) is 3.51. The molecule has 27 heavy (non-hydrogen) atoms. The van der Waals surface area contributed by atoms with Gasteiger partial charge in [0.25, 0.3) is 6.43 Å². The zero-order valence-electron chi connectivity index (χ0n) is 14.1. The number of amides is 2. The number of nitrogens with zero attached hydrogens (tertiary/aromatic N) is 2. The highest BCUT2D eigenvalue weighted by Crippen LogP contribution is 2.38. The number of nitrogens with one attached hydrogen (secondary N) is 1. The molecule has 1 aliphatic heterocycles. The van der Waals surface area contributed by atoms with Crippen LogP contribution in [0.2, 0.25) is 0 Å². The number of alkyl halides is 2. The predicted molar refractivity (Wildman–Crippen MR) is 92.9 cm³/mol. The molecule has 0 saturated carbocycles. The van der Waals surface area contributed by atoms with E-state index in [2.05, 4.69) is 5.32 Å². The lowest BCUT2D eigenvalue weighted by Gasteiger charge is -2.16. The fourth-order valence-corrected chi connectivity index (χ4v) is 4.08. The molecule has 5 nitrogen and oxygen atoms in total. The topological polar surface area (TPSA) is 73.2 Å². The Morgan fingerprint density at radius 3 is 2.81 bits per heavy atom. The number of rotatable bonds is 4. The Morgan fingerprint density at radius 1 is 1.44 bits per heavy atom. The van der Waals surface area contributed by atoms with Gasteiger partial charge >= 0.3 is 0 Å². The Morgan fingerprint density at radius 2 is 2.19 bits per heavy atom. The van der Waals surface area contributed by atoms with Gasteiger partial charge in [-0.3, -0.25) is 9.59 Å². The highest BCUT2D eigenvalue weighted by molar-refractivity contribution is 7.10. The van der Waals surface area contributed by atoms with E-state index < -0.39 is 35.9 Å². The molecule has 1 aliphatic rings. The third-order valence-corrected chi connectivity index (χ3v) is 5.51. The van der Waals surface area contributed by atoms with E-state index in [1.807, 2.05) is 0 Å². The zero-order chi connectivity index (χ0) is 19.7. The second-order valence-corrected chi connectivity index (χ2v) is 7.10. The largest absolute Gasteiger partial charge is 0.344 e. The number of hydrogen-bond acceptors (Lipinski definition) is 4. The molecule has 9 heteroatoms. The minimum atomic E-state index is -2.64. The second kappa shape index (κ2) is 7.40. The Hall–Kier alpha value is -2.86. The number of anilines is 1. The number of likely N-dealkylation sites (tertiary alicyclic amines) is 1. The maximum absolute atomic E-state index is 14.2. The minimum Gasteiger partial charge on any atom is -0.344 e. The van der Waals surface area contributed by atoms with Gasteiger partial charge in [0.05, 0.1) is 11.3 Å². The Balaban J connectivity index is 1.89. The van der Waals surface area contributed by atoms with Crippen LogP contribution in [0.25, 0.3) is 0 Å². The standard InChI is InChI=1S/C18H14F3N3O2S/c1-24-7-11(13-5-10(8-27-13)16(20)21)14(18(24)26)17(25)23-12-4-2-3-9(6-22)15(12)19/h2-5,8,11,14,16H,7H2,1H3,(H,23,25)/t11-,14+/m1/s1. The molecule has 1 aromatic carbocycles. The first-order chi connectivity index (χ1) is 12.8. The third kappa shape index (κ3) is 3.53. The van der Waals surface area contributed by atoms with Gasteiger partial charge in [-0.25, -0.2) is 13.2 Å². The van der Waals surface area contributed by atoms with Crippen molar-refractivity contribution in [3.63, 3.8) is 0 Å². The van der Waals surface area contributed by atoms with E-state index in [0.29, 0.717) is 4.88 Å². The smallest absolute Gasteiger partial charge is 0.264 e. The summed E-state index contributed by atoms with van der Waals surface area (Å²) in [5.41, 5.74) is -0.609. The number of halogens is 3. The van der Waals surface area contributed by atoms with E-state index in [0.717, 1.165) is 11.3 Å². The van der Waals surface area contributed by atoms with Crippen LogP contribution in [0.3, 0.4) is 0 Å². The van der Waals surface area contributed by atoms with Gasteiger partial charge in [-0.1, -0.05) is 6.07 Å². The summed E-state index contributed by atoms with van der Waals surface area (Å²) in [6, 6.07) is 6.92. The molecule has 0 unspecified atom stereocenters. The number of benzene rings is 1. The van der Waals surface area contributed by atoms with Gasteiger partial charge in [0, 0.05) is 30.0 Å². The number of nitriles is 1. The third-order valence-electron chi connectivity index (χ3n) is 4.43. The number of thiophene rings is 1. The molecule has 2 aromatic rings. The van der Waals surface area contributed by atoms with E-state index >= 15 is 0 Å². The van der Waals surface area contributed by atoms with E-state index in [1.165, 1.54) is 41.6 Å². The molecule has 2 heterocycles. The van der Waals surface area contributed by atoms with Crippen molar-refractivity contribution < 1.29 is 22.8 Å². The number of hydrogen-bond donors (Lipinski definition) is 1. The molecule has 1 fully saturated rings. The minimum absolute atomic E-state index is 0.163. The first-order valence-corrected chi connectivity index (χ1v) is 8.82. The summed E-state index contributed by atoms with van der Waals surface area (Å²) in [6.07, 6.45) is -2.64. The highest BCUT2D eigenvalue weighted by Gasteiger charge is 2.45. The van der Waals surface area contributed by atoms with Crippen LogP contribution in [0.4, 0.5) is 18.9 Å². The molecular formula is C18H14F3N3O2S. The maximum Gasteiger partial charge on any atom is 0.264 e. The fourth-order valence-electron chi connectivity index (χ4n) is 3.05. The quantitative estimate of drug-likeness (QED) is 0.808. The lowest BCUT2D eigenvalue weighted by Crippen LogP contribution is -2.32. The van der Waals surface area contributed by atoms with Crippen LogP contribution in [0.15, 0.2) is 29.6 Å². The molecule has 0 spiro atoms. The Bertz CT molecular complexity index is 938. The molecule has 0 aliphatic carbocycles. The normalized spacial score (nSPS) is 19.4. The van der Waals surface area contributed by atoms with Crippen LogP contribution in [-0.2, 0) is 9.59 Å². The number of carbonyl (C=O) groups is 2. The molecule has 2 atom stereocenters. The SMILES string of the molecule is CN1C[C@H](c2cc(C(F)F)cs2)[C@@H](C(=O)Nc2cccc(C#N)c2F)C1=O. The lowest BCUT2D eigenvalue weighted by atomic mass is 9.92. The van der Waals surface area contributed by atoms with E-state index in [1.54, 1.807) is 6.07 Å². The van der Waals surface area contributed by atoms with Gasteiger partial charge in [-0.15, -0.1) is 11.3 Å². The molecule has 2 amide bonds. The van der Waals surface area contributed by atoms with Crippen LogP contribution in [0.5, 0.6) is 0 Å². The summed E-state index contributed by atoms with van der Waals surface area (Å²) < 4.78 is 39.9. The van der Waals surface area contributed by atoms with Crippen molar-refractivity contribution in [3.8, 4) is 6.07 Å². The summed E-state index contributed by atoms with van der Waals surface area (Å²) in [4.78, 5) is 27.0. The van der Waals surface area contributed by atoms with Gasteiger partial charge in [0.1, 0.15) is 12.0 Å². The fraction of sp³-hybridized carbons (Fsp3) is 0.278. The second-order valence-electron chi connectivity index (χ2n) is 6.15. The lowest BCUT2D eigenvalue weighted by molar-refractivity contribution is -0.135. The summed E-state index contributed by atoms with van der Waals surface area (Å²) in [7, 11) is 1.52. The molecule has 3 rings (SSSR count). The van der Waals surface area contributed by atoms with Crippen LogP contribution >= 0.6 is 11.3 Å². The van der Waals surface area contributed by atoms with Crippen molar-refractivity contribution in [2.45, 2.75) is 12.3 Å². The van der Waals surface area contributed by atoms with E-state index in [-0.39, 0.29) is 23.4 Å². The van der Waals surface area contributed by atoms with Crippen LogP contribution in [0, 0.1) is 23.1 Å². The summed E-state index contributed by atoms with van der Waals surface area (Å²) in [5.74, 6) is -3.87. The van der Waals surface area contributed by atoms with Crippen molar-refractivity contribution in [2.75, 3.05) is 18.9 Å². The monoisotopic (exact) mass is 393 g/mol. The molecule has 1 aromatic heterocycles. The number of carbonyl (C=O) groups excluding carboxylic acids is 2. The average Bonchev–Trinajstić information content (AvgIpc) is 3.22. The van der Waals surface area contributed by atoms with Crippen molar-refractivity contribution >= 4 is 28.8 Å². The van der Waals surface area contributed by atoms with E-state index in [4.69, 9.17) is 5.26 Å². The molecule has 140 valence electrons. The van der Waals surface area contributed by atoms with Gasteiger partial charge in [-0.05, 0) is 23.6 Å². The van der Waals surface area contributed by atoms with Crippen LogP contribution in [-0.4, -0.2) is 30.3 Å². The van der Waals surface area contributed by atoms with Crippen LogP contribution in [0.1, 0.15) is 28.3 Å². The summed E-state index contributed by atoms with van der Waals surface area (Å²) in [6.45, 7) is 0.195. The van der Waals surface area contributed by atoms with Crippen molar-refractivity contribution in [1.29, 1.82) is 5.26 Å². The molecule has 1 N–H and O–H groups in total. The summed E-state index contributed by atoms with van der Waals surface area (Å²) >= 11 is 1.06. The van der Waals surface area contributed by atoms with E-state index in [9.17, 15) is 22.8 Å². The summed E-state index contributed by atoms with van der Waals surface area (Å²) in [5, 5.41) is 12.5. The van der Waals surface area contributed by atoms with Crippen molar-refractivity contribution in [1.82, 2.24) is 4.90 Å². The zero-order valence-corrected chi connectivity index (χ0v) is 14.9. The van der Waals surface area contributed by atoms with Gasteiger partial charge in [0.2, 0.25) is 11.8 Å². The Kier molecular flexibility index (Phi) is 5.19. The van der Waals surface area contributed by atoms with Crippen LogP contribution < -0.4 is 5.32 Å².